The Kier molecular flexibility index (Phi) is 5.27. The van der Waals surface area contributed by atoms with Gasteiger partial charge in [0.25, 0.3) is 5.91 Å². The van der Waals surface area contributed by atoms with E-state index in [0.29, 0.717) is 23.6 Å². The van der Waals surface area contributed by atoms with E-state index in [9.17, 15) is 9.59 Å². The van der Waals surface area contributed by atoms with Crippen molar-refractivity contribution < 1.29 is 14.0 Å². The van der Waals surface area contributed by atoms with E-state index < -0.39 is 0 Å². The molecule has 1 fully saturated rings. The highest BCUT2D eigenvalue weighted by Crippen LogP contribution is 2.28. The molecule has 1 N–H and O–H groups in total. The molecule has 0 aliphatic heterocycles. The molecule has 0 bridgehead atoms. The van der Waals surface area contributed by atoms with Crippen LogP contribution in [-0.2, 0) is 11.3 Å². The zero-order valence-electron chi connectivity index (χ0n) is 14.3. The molecule has 5 nitrogen and oxygen atoms in total. The molecule has 25 heavy (non-hydrogen) atoms. The van der Waals surface area contributed by atoms with Crippen molar-refractivity contribution >= 4 is 27.7 Å². The molecule has 0 saturated heterocycles. The number of carbonyl (C=O) groups excluding carboxylic acids is 2. The quantitative estimate of drug-likeness (QED) is 0.799. The van der Waals surface area contributed by atoms with Gasteiger partial charge in [-0.25, -0.2) is 0 Å². The van der Waals surface area contributed by atoms with Gasteiger partial charge in [0.2, 0.25) is 5.91 Å². The Morgan fingerprint density at radius 1 is 1.28 bits per heavy atom. The van der Waals surface area contributed by atoms with Gasteiger partial charge in [-0.1, -0.05) is 28.1 Å². The minimum absolute atomic E-state index is 0.00694. The average Bonchev–Trinajstić information content (AvgIpc) is 3.34. The number of nitrogens with one attached hydrogen (secondary N) is 1. The maximum atomic E-state index is 12.6. The van der Waals surface area contributed by atoms with Crippen LogP contribution < -0.4 is 5.32 Å². The summed E-state index contributed by atoms with van der Waals surface area (Å²) in [4.78, 5) is 26.7. The molecular weight excluding hydrogens is 384 g/mol. The van der Waals surface area contributed by atoms with Crippen molar-refractivity contribution in [3.05, 3.63) is 57.5 Å². The normalized spacial score (nSPS) is 13.6. The molecule has 0 unspecified atom stereocenters. The maximum absolute atomic E-state index is 12.6. The van der Waals surface area contributed by atoms with Crippen molar-refractivity contribution in [3.63, 3.8) is 0 Å². The van der Waals surface area contributed by atoms with Gasteiger partial charge in [0.15, 0.2) is 0 Å². The zero-order chi connectivity index (χ0) is 18.0. The van der Waals surface area contributed by atoms with Crippen molar-refractivity contribution in [2.75, 3.05) is 6.54 Å². The molecule has 3 rings (SSSR count). The number of amides is 2. The second kappa shape index (κ2) is 7.44. The van der Waals surface area contributed by atoms with Gasteiger partial charge in [-0.05, 0) is 50.5 Å². The third-order valence-electron chi connectivity index (χ3n) is 4.24. The Morgan fingerprint density at radius 2 is 2.04 bits per heavy atom. The average molecular weight is 405 g/mol. The summed E-state index contributed by atoms with van der Waals surface area (Å²) in [6, 6.07) is 9.90. The van der Waals surface area contributed by atoms with E-state index in [4.69, 9.17) is 4.42 Å². The molecule has 2 amide bonds. The van der Waals surface area contributed by atoms with Crippen LogP contribution in [0.2, 0.25) is 0 Å². The topological polar surface area (TPSA) is 62.6 Å². The highest BCUT2D eigenvalue weighted by Gasteiger charge is 2.32. The monoisotopic (exact) mass is 404 g/mol. The van der Waals surface area contributed by atoms with Crippen LogP contribution in [0.25, 0.3) is 0 Å². The van der Waals surface area contributed by atoms with E-state index in [1.807, 2.05) is 29.2 Å². The lowest BCUT2D eigenvalue weighted by Gasteiger charge is -2.23. The molecule has 2 aromatic rings. The lowest BCUT2D eigenvalue weighted by molar-refractivity contribution is -0.131. The number of halogens is 1. The summed E-state index contributed by atoms with van der Waals surface area (Å²) < 4.78 is 6.36. The molecule has 1 heterocycles. The molecule has 1 aliphatic carbocycles. The fourth-order valence-corrected chi connectivity index (χ4v) is 3.29. The van der Waals surface area contributed by atoms with Crippen molar-refractivity contribution in [2.45, 2.75) is 39.3 Å². The third-order valence-corrected chi connectivity index (χ3v) is 4.73. The third kappa shape index (κ3) is 4.51. The number of hydrogen-bond donors (Lipinski definition) is 1. The minimum atomic E-state index is -0.277. The number of furan rings is 1. The standard InChI is InChI=1S/C19H21BrN2O3/c1-12-8-17(13(2)25-12)19(24)21-10-18(23)22(16-6-7-16)11-14-4-3-5-15(20)9-14/h3-5,8-9,16H,6-7,10-11H2,1-2H3,(H,21,24). The highest BCUT2D eigenvalue weighted by atomic mass is 79.9. The Morgan fingerprint density at radius 3 is 2.64 bits per heavy atom. The van der Waals surface area contributed by atoms with Crippen LogP contribution in [0.15, 0.2) is 39.2 Å². The molecule has 1 saturated carbocycles. The fourth-order valence-electron chi connectivity index (χ4n) is 2.85. The first-order chi connectivity index (χ1) is 11.9. The van der Waals surface area contributed by atoms with E-state index in [0.717, 1.165) is 22.9 Å². The SMILES string of the molecule is Cc1cc(C(=O)NCC(=O)N(Cc2cccc(Br)c2)C2CC2)c(C)o1. The van der Waals surface area contributed by atoms with E-state index in [2.05, 4.69) is 21.2 Å². The Labute approximate surface area is 155 Å². The van der Waals surface area contributed by atoms with Gasteiger partial charge >= 0.3 is 0 Å². The number of carbonyl (C=O) groups is 2. The maximum Gasteiger partial charge on any atom is 0.255 e. The summed E-state index contributed by atoms with van der Waals surface area (Å²) in [5.74, 6) is 0.911. The van der Waals surface area contributed by atoms with Crippen molar-refractivity contribution in [3.8, 4) is 0 Å². The Balaban J connectivity index is 1.61. The Bertz CT molecular complexity index is 796. The van der Waals surface area contributed by atoms with Gasteiger partial charge in [0.05, 0.1) is 12.1 Å². The van der Waals surface area contributed by atoms with Crippen LogP contribution >= 0.6 is 15.9 Å². The first kappa shape index (κ1) is 17.7. The van der Waals surface area contributed by atoms with Crippen LogP contribution in [0.5, 0.6) is 0 Å². The molecule has 0 atom stereocenters. The van der Waals surface area contributed by atoms with Crippen LogP contribution in [0.3, 0.4) is 0 Å². The lowest BCUT2D eigenvalue weighted by atomic mass is 10.2. The first-order valence-electron chi connectivity index (χ1n) is 8.33. The largest absolute Gasteiger partial charge is 0.466 e. The molecule has 1 aromatic carbocycles. The highest BCUT2D eigenvalue weighted by molar-refractivity contribution is 9.10. The fraction of sp³-hybridized carbons (Fsp3) is 0.368. The van der Waals surface area contributed by atoms with Gasteiger partial charge in [0.1, 0.15) is 11.5 Å². The van der Waals surface area contributed by atoms with Crippen molar-refractivity contribution in [2.24, 2.45) is 0 Å². The van der Waals surface area contributed by atoms with Crippen molar-refractivity contribution in [1.82, 2.24) is 10.2 Å². The summed E-state index contributed by atoms with van der Waals surface area (Å²) in [6.07, 6.45) is 2.04. The smallest absolute Gasteiger partial charge is 0.255 e. The predicted octanol–water partition coefficient (Wildman–Crippen LogP) is 3.58. The molecule has 0 spiro atoms. The van der Waals surface area contributed by atoms with Crippen LogP contribution in [0.1, 0.15) is 40.3 Å². The molecule has 6 heteroatoms. The summed E-state index contributed by atoms with van der Waals surface area (Å²) in [6.45, 7) is 4.09. The van der Waals surface area contributed by atoms with Gasteiger partial charge in [-0.3, -0.25) is 9.59 Å². The number of nitrogens with zero attached hydrogens (tertiary/aromatic N) is 1. The van der Waals surface area contributed by atoms with Gasteiger partial charge in [-0.2, -0.15) is 0 Å². The van der Waals surface area contributed by atoms with Gasteiger partial charge < -0.3 is 14.6 Å². The lowest BCUT2D eigenvalue weighted by Crippen LogP contribution is -2.41. The second-order valence-corrected chi connectivity index (χ2v) is 7.31. The van der Waals surface area contributed by atoms with Crippen molar-refractivity contribution in [1.29, 1.82) is 0 Å². The molecule has 1 aromatic heterocycles. The summed E-state index contributed by atoms with van der Waals surface area (Å²) in [7, 11) is 0. The summed E-state index contributed by atoms with van der Waals surface area (Å²) in [5, 5.41) is 2.71. The minimum Gasteiger partial charge on any atom is -0.466 e. The summed E-state index contributed by atoms with van der Waals surface area (Å²) >= 11 is 3.46. The van der Waals surface area contributed by atoms with E-state index in [1.54, 1.807) is 19.9 Å². The van der Waals surface area contributed by atoms with E-state index >= 15 is 0 Å². The van der Waals surface area contributed by atoms with Gasteiger partial charge in [-0.15, -0.1) is 0 Å². The van der Waals surface area contributed by atoms with Crippen LogP contribution in [-0.4, -0.2) is 29.3 Å². The van der Waals surface area contributed by atoms with E-state index in [-0.39, 0.29) is 24.4 Å². The molecule has 1 aliphatic rings. The number of benzene rings is 1. The van der Waals surface area contributed by atoms with Crippen LogP contribution in [0.4, 0.5) is 0 Å². The van der Waals surface area contributed by atoms with Crippen LogP contribution in [0, 0.1) is 13.8 Å². The van der Waals surface area contributed by atoms with Gasteiger partial charge in [0, 0.05) is 17.1 Å². The molecular formula is C19H21BrN2O3. The zero-order valence-corrected chi connectivity index (χ0v) is 15.9. The number of aryl methyl sites for hydroxylation is 2. The Hall–Kier alpha value is -2.08. The number of hydrogen-bond acceptors (Lipinski definition) is 3. The molecule has 132 valence electrons. The second-order valence-electron chi connectivity index (χ2n) is 6.39. The first-order valence-corrected chi connectivity index (χ1v) is 9.12. The summed E-state index contributed by atoms with van der Waals surface area (Å²) in [5.41, 5.74) is 1.55. The van der Waals surface area contributed by atoms with E-state index in [1.165, 1.54) is 0 Å². The molecule has 0 radical (unpaired) electrons. The number of rotatable bonds is 6. The predicted molar refractivity (Wildman–Crippen MR) is 98.2 cm³/mol.